The monoisotopic (exact) mass is 234 g/mol. The Morgan fingerprint density at radius 1 is 1.33 bits per heavy atom. The molecule has 0 bridgehead atoms. The number of phenolic OH excluding ortho intramolecular Hbond substituents is 1. The van der Waals surface area contributed by atoms with E-state index in [0.29, 0.717) is 11.8 Å². The van der Waals surface area contributed by atoms with Crippen molar-refractivity contribution < 1.29 is 18.3 Å². The number of halogens is 3. The van der Waals surface area contributed by atoms with Gasteiger partial charge in [-0.15, -0.1) is 0 Å². The van der Waals surface area contributed by atoms with Crippen molar-refractivity contribution in [1.29, 1.82) is 0 Å². The zero-order valence-electron chi connectivity index (χ0n) is 7.62. The summed E-state index contributed by atoms with van der Waals surface area (Å²) in [7, 11) is 0. The van der Waals surface area contributed by atoms with Crippen LogP contribution in [0.2, 0.25) is 0 Å². The van der Waals surface area contributed by atoms with E-state index in [4.69, 9.17) is 5.11 Å². The van der Waals surface area contributed by atoms with Crippen molar-refractivity contribution in [2.45, 2.75) is 6.18 Å². The molecule has 0 unspecified atom stereocenters. The van der Waals surface area contributed by atoms with E-state index in [1.165, 1.54) is 24.3 Å². The molecule has 0 atom stereocenters. The minimum atomic E-state index is -4.46. The quantitative estimate of drug-likeness (QED) is 0.752. The predicted molar refractivity (Wildman–Crippen MR) is 56.0 cm³/mol. The number of rotatable bonds is 2. The minimum absolute atomic E-state index is 0.0225. The molecule has 0 aromatic heterocycles. The fraction of sp³-hybridized carbons (Fsp3) is 0.200. The molecule has 0 aliphatic carbocycles. The van der Waals surface area contributed by atoms with Crippen molar-refractivity contribution in [2.24, 2.45) is 0 Å². The van der Waals surface area contributed by atoms with Gasteiger partial charge in [0.25, 0.3) is 0 Å². The molecule has 1 aromatic rings. The third-order valence-electron chi connectivity index (χ3n) is 1.75. The molecule has 0 heterocycles. The van der Waals surface area contributed by atoms with Gasteiger partial charge in [0.05, 0.1) is 5.56 Å². The number of hydrogen-bond acceptors (Lipinski definition) is 2. The average molecular weight is 234 g/mol. The fourth-order valence-electron chi connectivity index (χ4n) is 1.11. The molecule has 0 fully saturated rings. The Kier molecular flexibility index (Phi) is 3.68. The van der Waals surface area contributed by atoms with Gasteiger partial charge in [0, 0.05) is 5.75 Å². The topological polar surface area (TPSA) is 20.2 Å². The Balaban J connectivity index is 3.21. The van der Waals surface area contributed by atoms with Crippen LogP contribution in [0.1, 0.15) is 11.1 Å². The molecular formula is C10H9F3OS. The lowest BCUT2D eigenvalue weighted by molar-refractivity contribution is -0.137. The summed E-state index contributed by atoms with van der Waals surface area (Å²) in [6.07, 6.45) is -1.63. The van der Waals surface area contributed by atoms with Crippen LogP contribution in [-0.2, 0) is 6.18 Å². The Hall–Kier alpha value is -1.10. The first-order chi connectivity index (χ1) is 6.95. The van der Waals surface area contributed by atoms with Crippen LogP contribution in [0.15, 0.2) is 24.3 Å². The lowest BCUT2D eigenvalue weighted by Gasteiger charge is -2.10. The van der Waals surface area contributed by atoms with Gasteiger partial charge in [-0.25, -0.2) is 0 Å². The van der Waals surface area contributed by atoms with E-state index in [2.05, 4.69) is 12.6 Å². The van der Waals surface area contributed by atoms with Crippen LogP contribution in [0.3, 0.4) is 0 Å². The Morgan fingerprint density at radius 3 is 2.53 bits per heavy atom. The largest absolute Gasteiger partial charge is 0.508 e. The van der Waals surface area contributed by atoms with Crippen LogP contribution in [0.25, 0.3) is 6.08 Å². The summed E-state index contributed by atoms with van der Waals surface area (Å²) >= 11 is 3.86. The predicted octanol–water partition coefficient (Wildman–Crippen LogP) is 3.35. The van der Waals surface area contributed by atoms with E-state index >= 15 is 0 Å². The van der Waals surface area contributed by atoms with E-state index in [9.17, 15) is 13.2 Å². The maximum atomic E-state index is 12.5. The van der Waals surface area contributed by atoms with Crippen molar-refractivity contribution in [2.75, 3.05) is 5.75 Å². The molecule has 82 valence electrons. The van der Waals surface area contributed by atoms with Gasteiger partial charge in [-0.1, -0.05) is 18.2 Å². The molecule has 0 saturated heterocycles. The highest BCUT2D eigenvalue weighted by molar-refractivity contribution is 7.80. The molecule has 1 nitrogen and oxygen atoms in total. The third kappa shape index (κ3) is 3.20. The first-order valence-corrected chi connectivity index (χ1v) is 4.76. The third-order valence-corrected chi connectivity index (χ3v) is 1.96. The molecule has 0 aliphatic rings. The summed E-state index contributed by atoms with van der Waals surface area (Å²) < 4.78 is 37.5. The van der Waals surface area contributed by atoms with Crippen LogP contribution in [-0.4, -0.2) is 10.9 Å². The zero-order chi connectivity index (χ0) is 11.5. The second-order valence-electron chi connectivity index (χ2n) is 2.85. The number of benzene rings is 1. The van der Waals surface area contributed by atoms with Crippen LogP contribution < -0.4 is 0 Å². The van der Waals surface area contributed by atoms with E-state index in [1.807, 2.05) is 0 Å². The first kappa shape index (κ1) is 12.0. The first-order valence-electron chi connectivity index (χ1n) is 4.13. The summed E-state index contributed by atoms with van der Waals surface area (Å²) in [5.41, 5.74) is -0.824. The average Bonchev–Trinajstić information content (AvgIpc) is 2.14. The van der Waals surface area contributed by atoms with E-state index in [-0.39, 0.29) is 5.56 Å². The zero-order valence-corrected chi connectivity index (χ0v) is 8.52. The summed E-state index contributed by atoms with van der Waals surface area (Å²) in [6, 6.07) is 3.14. The van der Waals surface area contributed by atoms with Crippen LogP contribution in [0.4, 0.5) is 13.2 Å². The van der Waals surface area contributed by atoms with Crippen molar-refractivity contribution >= 4 is 18.7 Å². The Bertz CT molecular complexity index is 371. The molecule has 0 radical (unpaired) electrons. The summed E-state index contributed by atoms with van der Waals surface area (Å²) in [6.45, 7) is 0. The maximum absolute atomic E-state index is 12.5. The standard InChI is InChI=1S/C10H9F3OS/c11-10(12,13)9-6-8(14)4-3-7(9)2-1-5-15/h1-4,6,14-15H,5H2. The van der Waals surface area contributed by atoms with Crippen molar-refractivity contribution in [3.05, 3.63) is 35.4 Å². The molecule has 15 heavy (non-hydrogen) atoms. The second-order valence-corrected chi connectivity index (χ2v) is 3.22. The Labute approximate surface area is 90.6 Å². The van der Waals surface area contributed by atoms with Gasteiger partial charge < -0.3 is 5.11 Å². The summed E-state index contributed by atoms with van der Waals surface area (Å²) in [4.78, 5) is 0. The van der Waals surface area contributed by atoms with E-state index in [0.717, 1.165) is 0 Å². The minimum Gasteiger partial charge on any atom is -0.508 e. The molecular weight excluding hydrogens is 225 g/mol. The fourth-order valence-corrected chi connectivity index (χ4v) is 1.22. The van der Waals surface area contributed by atoms with Crippen molar-refractivity contribution in [3.8, 4) is 5.75 Å². The number of aromatic hydroxyl groups is 1. The second kappa shape index (κ2) is 4.61. The number of thiol groups is 1. The van der Waals surface area contributed by atoms with Crippen molar-refractivity contribution in [3.63, 3.8) is 0 Å². The number of phenols is 1. The molecule has 0 saturated carbocycles. The molecule has 1 aromatic carbocycles. The summed E-state index contributed by atoms with van der Waals surface area (Å²) in [5.74, 6) is -0.0385. The number of alkyl halides is 3. The van der Waals surface area contributed by atoms with Gasteiger partial charge in [-0.2, -0.15) is 25.8 Å². The van der Waals surface area contributed by atoms with Crippen molar-refractivity contribution in [1.82, 2.24) is 0 Å². The maximum Gasteiger partial charge on any atom is 0.417 e. The molecule has 5 heteroatoms. The van der Waals surface area contributed by atoms with Crippen LogP contribution >= 0.6 is 12.6 Å². The normalized spacial score (nSPS) is 12.3. The van der Waals surface area contributed by atoms with Crippen LogP contribution in [0.5, 0.6) is 5.75 Å². The Morgan fingerprint density at radius 2 is 2.00 bits per heavy atom. The van der Waals surface area contributed by atoms with Gasteiger partial charge in [0.2, 0.25) is 0 Å². The molecule has 1 rings (SSSR count). The highest BCUT2D eigenvalue weighted by Gasteiger charge is 2.32. The van der Waals surface area contributed by atoms with Gasteiger partial charge in [-0.3, -0.25) is 0 Å². The SMILES string of the molecule is Oc1ccc(C=CCS)c(C(F)(F)F)c1. The molecule has 0 amide bonds. The molecule has 1 N–H and O–H groups in total. The van der Waals surface area contributed by atoms with Gasteiger partial charge in [-0.05, 0) is 17.7 Å². The lowest BCUT2D eigenvalue weighted by Crippen LogP contribution is -2.07. The lowest BCUT2D eigenvalue weighted by atomic mass is 10.1. The van der Waals surface area contributed by atoms with Gasteiger partial charge in [0.15, 0.2) is 0 Å². The van der Waals surface area contributed by atoms with Gasteiger partial charge in [0.1, 0.15) is 5.75 Å². The smallest absolute Gasteiger partial charge is 0.417 e. The summed E-state index contributed by atoms with van der Waals surface area (Å²) in [5, 5.41) is 8.99. The van der Waals surface area contributed by atoms with Gasteiger partial charge >= 0.3 is 6.18 Å². The van der Waals surface area contributed by atoms with Crippen LogP contribution in [0, 0.1) is 0 Å². The van der Waals surface area contributed by atoms with E-state index in [1.54, 1.807) is 0 Å². The highest BCUT2D eigenvalue weighted by Crippen LogP contribution is 2.34. The van der Waals surface area contributed by atoms with E-state index < -0.39 is 17.5 Å². The molecule has 0 spiro atoms. The molecule has 0 aliphatic heterocycles. The number of hydrogen-bond donors (Lipinski definition) is 2. The highest BCUT2D eigenvalue weighted by atomic mass is 32.1.